The highest BCUT2D eigenvalue weighted by Crippen LogP contribution is 2.50. The number of carbonyl (C=O) groups is 2. The van der Waals surface area contributed by atoms with Crippen LogP contribution in [0.15, 0.2) is 36.9 Å². The molecule has 0 fully saturated rings. The van der Waals surface area contributed by atoms with Crippen molar-refractivity contribution in [2.24, 2.45) is 0 Å². The van der Waals surface area contributed by atoms with Crippen molar-refractivity contribution in [1.82, 2.24) is 4.90 Å². The van der Waals surface area contributed by atoms with Gasteiger partial charge in [-0.05, 0) is 24.6 Å². The molecule has 0 saturated carbocycles. The van der Waals surface area contributed by atoms with Gasteiger partial charge >= 0.3 is 5.97 Å². The minimum Gasteiger partial charge on any atom is -0.423 e. The molecule has 0 bridgehead atoms. The van der Waals surface area contributed by atoms with Crippen LogP contribution in [0.1, 0.15) is 19.4 Å². The van der Waals surface area contributed by atoms with Gasteiger partial charge in [0.25, 0.3) is 0 Å². The molecular weight excluding hydrogens is 309 g/mol. The third-order valence-corrected chi connectivity index (χ3v) is 7.08. The summed E-state index contributed by atoms with van der Waals surface area (Å²) >= 11 is 0. The van der Waals surface area contributed by atoms with E-state index in [4.69, 9.17) is 4.74 Å². The largest absolute Gasteiger partial charge is 0.423 e. The van der Waals surface area contributed by atoms with Gasteiger partial charge < -0.3 is 9.64 Å². The molecule has 4 nitrogen and oxygen atoms in total. The first-order valence-electron chi connectivity index (χ1n) is 7.78. The van der Waals surface area contributed by atoms with Crippen LogP contribution in [-0.4, -0.2) is 49.0 Å². The van der Waals surface area contributed by atoms with Gasteiger partial charge in [0.2, 0.25) is 5.91 Å². The Labute approximate surface area is 139 Å². The highest BCUT2D eigenvalue weighted by molar-refractivity contribution is 7.74. The molecule has 0 saturated heterocycles. The molecule has 0 aliphatic rings. The first-order valence-corrected chi connectivity index (χ1v) is 10.8. The van der Waals surface area contributed by atoms with Gasteiger partial charge in [-0.3, -0.25) is 4.79 Å². The lowest BCUT2D eigenvalue weighted by Crippen LogP contribution is -2.31. The van der Waals surface area contributed by atoms with E-state index < -0.39 is 13.2 Å². The van der Waals surface area contributed by atoms with Gasteiger partial charge in [-0.2, -0.15) is 0 Å². The summed E-state index contributed by atoms with van der Waals surface area (Å²) in [6, 6.07) is 7.22. The SMILES string of the molecule is C=CC(=O)Oc1ccc(CN(CC[P+](C)(C)CC)C(C)=O)cc1. The first-order chi connectivity index (χ1) is 10.8. The van der Waals surface area contributed by atoms with E-state index in [-0.39, 0.29) is 5.91 Å². The van der Waals surface area contributed by atoms with Crippen LogP contribution in [0.3, 0.4) is 0 Å². The minimum absolute atomic E-state index is 0.0864. The lowest BCUT2D eigenvalue weighted by atomic mass is 10.2. The Kier molecular flexibility index (Phi) is 7.44. The van der Waals surface area contributed by atoms with Gasteiger partial charge in [-0.15, -0.1) is 0 Å². The number of ether oxygens (including phenoxy) is 1. The van der Waals surface area contributed by atoms with E-state index in [1.165, 1.54) is 6.16 Å². The van der Waals surface area contributed by atoms with Gasteiger partial charge in [0.15, 0.2) is 0 Å². The molecule has 0 unspecified atom stereocenters. The Bertz CT molecular complexity index is 552. The molecule has 5 heteroatoms. The van der Waals surface area contributed by atoms with Crippen molar-refractivity contribution < 1.29 is 14.3 Å². The molecule has 126 valence electrons. The predicted octanol–water partition coefficient (Wildman–Crippen LogP) is 3.42. The highest BCUT2D eigenvalue weighted by Gasteiger charge is 2.24. The fraction of sp³-hybridized carbons (Fsp3) is 0.444. The first kappa shape index (κ1) is 19.4. The summed E-state index contributed by atoms with van der Waals surface area (Å²) in [5, 5.41) is 0. The summed E-state index contributed by atoms with van der Waals surface area (Å²) in [5.74, 6) is 0.0863. The topological polar surface area (TPSA) is 46.6 Å². The zero-order valence-corrected chi connectivity index (χ0v) is 15.4. The van der Waals surface area contributed by atoms with Gasteiger partial charge in [0.05, 0.1) is 18.9 Å². The predicted molar refractivity (Wildman–Crippen MR) is 97.5 cm³/mol. The standard InChI is InChI=1S/C18H27NO3P/c1-6-18(21)22-17-10-8-16(9-11-17)14-19(15(3)20)12-13-23(4,5)7-2/h6,8-11H,1,7,12-14H2,2-5H3/q+1. The van der Waals surface area contributed by atoms with E-state index in [1.807, 2.05) is 17.0 Å². The number of hydrogen-bond acceptors (Lipinski definition) is 3. The second kappa shape index (κ2) is 8.83. The Morgan fingerprint density at radius 1 is 1.26 bits per heavy atom. The Balaban J connectivity index is 2.68. The van der Waals surface area contributed by atoms with E-state index in [1.54, 1.807) is 19.1 Å². The number of carbonyl (C=O) groups excluding carboxylic acids is 2. The Hall–Kier alpha value is -1.67. The van der Waals surface area contributed by atoms with E-state index in [2.05, 4.69) is 26.8 Å². The molecule has 23 heavy (non-hydrogen) atoms. The van der Waals surface area contributed by atoms with Gasteiger partial charge in [0.1, 0.15) is 5.75 Å². The molecule has 0 radical (unpaired) electrons. The number of hydrogen-bond donors (Lipinski definition) is 0. The summed E-state index contributed by atoms with van der Waals surface area (Å²) in [5.41, 5.74) is 1.02. The van der Waals surface area contributed by atoms with Crippen molar-refractivity contribution in [2.75, 3.05) is 32.2 Å². The van der Waals surface area contributed by atoms with Crippen LogP contribution in [0.25, 0.3) is 0 Å². The van der Waals surface area contributed by atoms with Crippen molar-refractivity contribution in [1.29, 1.82) is 0 Å². The second-order valence-corrected chi connectivity index (χ2v) is 11.1. The highest BCUT2D eigenvalue weighted by atomic mass is 31.2. The number of rotatable bonds is 8. The molecule has 1 aromatic rings. The fourth-order valence-corrected chi connectivity index (χ4v) is 3.04. The number of benzene rings is 1. The van der Waals surface area contributed by atoms with Crippen LogP contribution in [-0.2, 0) is 16.1 Å². The average molecular weight is 336 g/mol. The van der Waals surface area contributed by atoms with Crippen molar-refractivity contribution in [3.63, 3.8) is 0 Å². The number of nitrogens with zero attached hydrogens (tertiary/aromatic N) is 1. The molecular formula is C18H27NO3P+. The quantitative estimate of drug-likeness (QED) is 0.316. The summed E-state index contributed by atoms with van der Waals surface area (Å²) in [6.07, 6.45) is 3.41. The molecule has 1 aromatic carbocycles. The molecule has 0 heterocycles. The van der Waals surface area contributed by atoms with E-state index in [0.717, 1.165) is 24.3 Å². The Morgan fingerprint density at radius 3 is 2.35 bits per heavy atom. The number of esters is 1. The van der Waals surface area contributed by atoms with Crippen LogP contribution < -0.4 is 4.74 Å². The molecule has 0 atom stereocenters. The zero-order valence-electron chi connectivity index (χ0n) is 14.5. The van der Waals surface area contributed by atoms with Crippen LogP contribution in [0.4, 0.5) is 0 Å². The molecule has 0 aromatic heterocycles. The van der Waals surface area contributed by atoms with Crippen LogP contribution >= 0.6 is 7.26 Å². The zero-order chi connectivity index (χ0) is 17.5. The summed E-state index contributed by atoms with van der Waals surface area (Å²) in [6.45, 7) is 13.2. The van der Waals surface area contributed by atoms with Crippen molar-refractivity contribution in [2.45, 2.75) is 20.4 Å². The molecule has 1 amide bonds. The van der Waals surface area contributed by atoms with Crippen LogP contribution in [0.2, 0.25) is 0 Å². The summed E-state index contributed by atoms with van der Waals surface area (Å²) in [4.78, 5) is 24.9. The van der Waals surface area contributed by atoms with Crippen molar-refractivity contribution >= 4 is 19.1 Å². The lowest BCUT2D eigenvalue weighted by molar-refractivity contribution is -0.129. The number of amides is 1. The average Bonchev–Trinajstić information content (AvgIpc) is 2.52. The Morgan fingerprint density at radius 2 is 1.87 bits per heavy atom. The summed E-state index contributed by atoms with van der Waals surface area (Å²) in [7, 11) is -0.910. The molecule has 0 aliphatic carbocycles. The van der Waals surface area contributed by atoms with Gasteiger partial charge in [0, 0.05) is 40.1 Å². The van der Waals surface area contributed by atoms with Crippen molar-refractivity contribution in [3.05, 3.63) is 42.5 Å². The molecule has 0 N–H and O–H groups in total. The maximum absolute atomic E-state index is 11.9. The smallest absolute Gasteiger partial charge is 0.335 e. The van der Waals surface area contributed by atoms with Crippen molar-refractivity contribution in [3.8, 4) is 5.75 Å². The van der Waals surface area contributed by atoms with E-state index >= 15 is 0 Å². The second-order valence-electron chi connectivity index (χ2n) is 6.19. The maximum atomic E-state index is 11.9. The molecule has 1 rings (SSSR count). The third kappa shape index (κ3) is 6.96. The van der Waals surface area contributed by atoms with Crippen LogP contribution in [0.5, 0.6) is 5.75 Å². The van der Waals surface area contributed by atoms with E-state index in [9.17, 15) is 9.59 Å². The van der Waals surface area contributed by atoms with Gasteiger partial charge in [-0.1, -0.05) is 18.7 Å². The van der Waals surface area contributed by atoms with E-state index in [0.29, 0.717) is 12.3 Å². The third-order valence-electron chi connectivity index (χ3n) is 3.96. The van der Waals surface area contributed by atoms with Gasteiger partial charge in [-0.25, -0.2) is 4.79 Å². The molecule has 0 aliphatic heterocycles. The summed E-state index contributed by atoms with van der Waals surface area (Å²) < 4.78 is 5.04. The fourth-order valence-electron chi connectivity index (χ4n) is 1.94. The normalized spacial score (nSPS) is 11.0. The lowest BCUT2D eigenvalue weighted by Gasteiger charge is -2.24. The monoisotopic (exact) mass is 336 g/mol. The van der Waals surface area contributed by atoms with Crippen LogP contribution in [0, 0.1) is 0 Å². The molecule has 0 spiro atoms. The minimum atomic E-state index is -0.910. The maximum Gasteiger partial charge on any atom is 0.335 e.